The Morgan fingerprint density at radius 3 is 2.24 bits per heavy atom. The van der Waals surface area contributed by atoms with E-state index in [1.165, 1.54) is 17.0 Å². The Bertz CT molecular complexity index is 567. The van der Waals surface area contributed by atoms with Crippen molar-refractivity contribution in [3.8, 4) is 0 Å². The van der Waals surface area contributed by atoms with Crippen molar-refractivity contribution >= 4 is 22.0 Å². The van der Waals surface area contributed by atoms with Gasteiger partial charge in [0.2, 0.25) is 15.9 Å². The standard InChI is InChI=1S/C16H30N4O4S/c1-19(25(2,23)24)14-8-10-20(11-9-14)12-15(21)18-16(22)17-13-6-4-3-5-7-13/h13-14H,3-12H2,1-2H3,(H2,17,18,21,22). The molecule has 25 heavy (non-hydrogen) atoms. The monoisotopic (exact) mass is 374 g/mol. The Balaban J connectivity index is 1.68. The third kappa shape index (κ3) is 6.56. The number of hydrogen-bond donors (Lipinski definition) is 2. The van der Waals surface area contributed by atoms with Gasteiger partial charge >= 0.3 is 6.03 Å². The van der Waals surface area contributed by atoms with Gasteiger partial charge in [0.25, 0.3) is 0 Å². The summed E-state index contributed by atoms with van der Waals surface area (Å²) in [5.74, 6) is -0.316. The van der Waals surface area contributed by atoms with Crippen LogP contribution in [-0.2, 0) is 14.8 Å². The minimum atomic E-state index is -3.19. The molecule has 1 saturated carbocycles. The van der Waals surface area contributed by atoms with E-state index in [9.17, 15) is 18.0 Å². The smallest absolute Gasteiger partial charge is 0.321 e. The molecule has 0 unspecified atom stereocenters. The molecule has 2 rings (SSSR count). The van der Waals surface area contributed by atoms with Crippen molar-refractivity contribution in [1.29, 1.82) is 0 Å². The number of piperidine rings is 1. The van der Waals surface area contributed by atoms with E-state index in [4.69, 9.17) is 0 Å². The number of nitrogens with one attached hydrogen (secondary N) is 2. The highest BCUT2D eigenvalue weighted by atomic mass is 32.2. The van der Waals surface area contributed by atoms with E-state index in [2.05, 4.69) is 10.6 Å². The summed E-state index contributed by atoms with van der Waals surface area (Å²) < 4.78 is 24.6. The molecule has 0 bridgehead atoms. The first-order valence-corrected chi connectivity index (χ1v) is 10.9. The average Bonchev–Trinajstić information content (AvgIpc) is 2.54. The van der Waals surface area contributed by atoms with Gasteiger partial charge in [-0.05, 0) is 25.7 Å². The molecule has 2 N–H and O–H groups in total. The second-order valence-corrected chi connectivity index (χ2v) is 9.19. The minimum Gasteiger partial charge on any atom is -0.335 e. The number of amides is 3. The molecule has 1 aliphatic heterocycles. The van der Waals surface area contributed by atoms with Crippen molar-refractivity contribution in [2.75, 3.05) is 32.9 Å². The van der Waals surface area contributed by atoms with Gasteiger partial charge in [-0.3, -0.25) is 15.0 Å². The number of carbonyl (C=O) groups is 2. The molecule has 2 fully saturated rings. The van der Waals surface area contributed by atoms with Gasteiger partial charge in [-0.1, -0.05) is 19.3 Å². The zero-order valence-corrected chi connectivity index (χ0v) is 16.0. The van der Waals surface area contributed by atoms with Crippen LogP contribution in [0, 0.1) is 0 Å². The molecule has 1 heterocycles. The van der Waals surface area contributed by atoms with Gasteiger partial charge in [0, 0.05) is 32.2 Å². The number of hydrogen-bond acceptors (Lipinski definition) is 5. The van der Waals surface area contributed by atoms with Gasteiger partial charge in [-0.2, -0.15) is 0 Å². The number of urea groups is 1. The summed E-state index contributed by atoms with van der Waals surface area (Å²) in [6, 6.07) is -0.267. The number of nitrogens with zero attached hydrogens (tertiary/aromatic N) is 2. The number of carbonyl (C=O) groups excluding carboxylic acids is 2. The maximum Gasteiger partial charge on any atom is 0.321 e. The van der Waals surface area contributed by atoms with Crippen LogP contribution in [0.4, 0.5) is 4.79 Å². The Labute approximate surface area is 150 Å². The molecule has 0 aromatic carbocycles. The van der Waals surface area contributed by atoms with Crippen LogP contribution < -0.4 is 10.6 Å². The second-order valence-electron chi connectivity index (χ2n) is 7.14. The summed E-state index contributed by atoms with van der Waals surface area (Å²) in [7, 11) is -1.60. The third-order valence-electron chi connectivity index (χ3n) is 5.15. The van der Waals surface area contributed by atoms with E-state index in [1.54, 1.807) is 7.05 Å². The molecule has 1 aliphatic carbocycles. The first-order chi connectivity index (χ1) is 11.8. The number of sulfonamides is 1. The first kappa shape index (κ1) is 20.1. The van der Waals surface area contributed by atoms with Crippen molar-refractivity contribution < 1.29 is 18.0 Å². The molecular formula is C16H30N4O4S. The predicted octanol–water partition coefficient (Wildman–Crippen LogP) is 0.501. The lowest BCUT2D eigenvalue weighted by atomic mass is 9.96. The topological polar surface area (TPSA) is 98.8 Å². The van der Waals surface area contributed by atoms with Crippen molar-refractivity contribution in [1.82, 2.24) is 19.8 Å². The molecule has 2 aliphatic rings. The number of likely N-dealkylation sites (tertiary alicyclic amines) is 1. The van der Waals surface area contributed by atoms with Crippen molar-refractivity contribution in [2.24, 2.45) is 0 Å². The molecule has 3 amide bonds. The van der Waals surface area contributed by atoms with Crippen LogP contribution in [0.3, 0.4) is 0 Å². The Hall–Kier alpha value is -1.19. The van der Waals surface area contributed by atoms with Gasteiger partial charge < -0.3 is 5.32 Å². The van der Waals surface area contributed by atoms with E-state index >= 15 is 0 Å². The molecule has 0 aromatic rings. The lowest BCUT2D eigenvalue weighted by Crippen LogP contribution is -2.50. The SMILES string of the molecule is CN(C1CCN(CC(=O)NC(=O)NC2CCCCC2)CC1)S(C)(=O)=O. The zero-order chi connectivity index (χ0) is 18.4. The first-order valence-electron chi connectivity index (χ1n) is 9.01. The van der Waals surface area contributed by atoms with Crippen LogP contribution in [0.25, 0.3) is 0 Å². The van der Waals surface area contributed by atoms with Crippen LogP contribution in [-0.4, -0.2) is 74.6 Å². The van der Waals surface area contributed by atoms with Gasteiger partial charge in [0.05, 0.1) is 12.8 Å². The second kappa shape index (κ2) is 8.95. The third-order valence-corrected chi connectivity index (χ3v) is 6.50. The van der Waals surface area contributed by atoms with Crippen molar-refractivity contribution in [2.45, 2.75) is 57.0 Å². The highest BCUT2D eigenvalue weighted by Gasteiger charge is 2.28. The van der Waals surface area contributed by atoms with Crippen LogP contribution >= 0.6 is 0 Å². The van der Waals surface area contributed by atoms with E-state index in [-0.39, 0.29) is 24.5 Å². The average molecular weight is 375 g/mol. The maximum atomic E-state index is 12.0. The van der Waals surface area contributed by atoms with Crippen LogP contribution in [0.2, 0.25) is 0 Å². The zero-order valence-electron chi connectivity index (χ0n) is 15.2. The molecule has 8 nitrogen and oxygen atoms in total. The highest BCUT2D eigenvalue weighted by Crippen LogP contribution is 2.18. The summed E-state index contributed by atoms with van der Waals surface area (Å²) in [4.78, 5) is 25.9. The Kier molecular flexibility index (Phi) is 7.21. The van der Waals surface area contributed by atoms with E-state index < -0.39 is 16.1 Å². The molecule has 0 radical (unpaired) electrons. The normalized spacial score (nSPS) is 21.2. The summed E-state index contributed by atoms with van der Waals surface area (Å²) in [6.07, 6.45) is 7.98. The quantitative estimate of drug-likeness (QED) is 0.730. The van der Waals surface area contributed by atoms with E-state index in [0.29, 0.717) is 25.9 Å². The highest BCUT2D eigenvalue weighted by molar-refractivity contribution is 7.88. The largest absolute Gasteiger partial charge is 0.335 e. The molecular weight excluding hydrogens is 344 g/mol. The molecule has 0 aromatic heterocycles. The fourth-order valence-electron chi connectivity index (χ4n) is 3.55. The molecule has 0 spiro atoms. The van der Waals surface area contributed by atoms with Crippen LogP contribution in [0.1, 0.15) is 44.9 Å². The molecule has 0 atom stereocenters. The summed E-state index contributed by atoms with van der Waals surface area (Å²) >= 11 is 0. The van der Waals surface area contributed by atoms with Gasteiger partial charge in [0.15, 0.2) is 0 Å². The van der Waals surface area contributed by atoms with Gasteiger partial charge in [-0.25, -0.2) is 17.5 Å². The van der Waals surface area contributed by atoms with Crippen LogP contribution in [0.5, 0.6) is 0 Å². The van der Waals surface area contributed by atoms with E-state index in [1.807, 2.05) is 4.90 Å². The van der Waals surface area contributed by atoms with Gasteiger partial charge in [0.1, 0.15) is 0 Å². The fraction of sp³-hybridized carbons (Fsp3) is 0.875. The fourth-order valence-corrected chi connectivity index (χ4v) is 4.30. The Morgan fingerprint density at radius 2 is 1.68 bits per heavy atom. The Morgan fingerprint density at radius 1 is 1.08 bits per heavy atom. The molecule has 1 saturated heterocycles. The lowest BCUT2D eigenvalue weighted by molar-refractivity contribution is -0.121. The lowest BCUT2D eigenvalue weighted by Gasteiger charge is -2.35. The number of imide groups is 1. The van der Waals surface area contributed by atoms with E-state index in [0.717, 1.165) is 25.7 Å². The maximum absolute atomic E-state index is 12.0. The minimum absolute atomic E-state index is 0.0242. The van der Waals surface area contributed by atoms with Gasteiger partial charge in [-0.15, -0.1) is 0 Å². The molecule has 144 valence electrons. The predicted molar refractivity (Wildman–Crippen MR) is 95.6 cm³/mol. The van der Waals surface area contributed by atoms with Crippen LogP contribution in [0.15, 0.2) is 0 Å². The summed E-state index contributed by atoms with van der Waals surface area (Å²) in [6.45, 7) is 1.44. The summed E-state index contributed by atoms with van der Waals surface area (Å²) in [5.41, 5.74) is 0. The molecule has 9 heteroatoms. The summed E-state index contributed by atoms with van der Waals surface area (Å²) in [5, 5.41) is 5.26. The van der Waals surface area contributed by atoms with Crippen molar-refractivity contribution in [3.05, 3.63) is 0 Å². The number of rotatable bonds is 5. The van der Waals surface area contributed by atoms with Crippen molar-refractivity contribution in [3.63, 3.8) is 0 Å².